The average Bonchev–Trinajstić information content (AvgIpc) is 3.26. The maximum absolute atomic E-state index is 12.2. The summed E-state index contributed by atoms with van der Waals surface area (Å²) in [5.74, 6) is 0.584. The van der Waals surface area contributed by atoms with Gasteiger partial charge in [-0.3, -0.25) is 9.69 Å². The molecule has 1 atom stereocenters. The fraction of sp³-hybridized carbons (Fsp3) is 0.500. The van der Waals surface area contributed by atoms with E-state index in [0.29, 0.717) is 24.8 Å². The molecule has 3 aromatic rings. The summed E-state index contributed by atoms with van der Waals surface area (Å²) >= 11 is 0. The quantitative estimate of drug-likeness (QED) is 0.617. The van der Waals surface area contributed by atoms with Gasteiger partial charge >= 0.3 is 0 Å². The van der Waals surface area contributed by atoms with E-state index in [4.69, 9.17) is 10.1 Å². The summed E-state index contributed by atoms with van der Waals surface area (Å²) in [4.78, 5) is 19.5. The van der Waals surface area contributed by atoms with Gasteiger partial charge in [0.05, 0.1) is 5.69 Å². The van der Waals surface area contributed by atoms with E-state index in [9.17, 15) is 4.79 Å². The molecule has 1 saturated carbocycles. The molecule has 6 nitrogen and oxygen atoms in total. The molecule has 32 heavy (non-hydrogen) atoms. The Hall–Kier alpha value is -2.73. The molecule has 1 amide bonds. The van der Waals surface area contributed by atoms with Crippen LogP contribution in [0.3, 0.4) is 0 Å². The minimum atomic E-state index is 0.146. The Morgan fingerprint density at radius 3 is 2.78 bits per heavy atom. The Balaban J connectivity index is 1.29. The third kappa shape index (κ3) is 4.56. The molecule has 168 valence electrons. The Morgan fingerprint density at radius 2 is 2.00 bits per heavy atom. The van der Waals surface area contributed by atoms with E-state index in [0.717, 1.165) is 67.2 Å². The number of aryl methyl sites for hydroxylation is 3. The van der Waals surface area contributed by atoms with Gasteiger partial charge in [0, 0.05) is 48.9 Å². The zero-order valence-corrected chi connectivity index (χ0v) is 19.4. The molecule has 6 heteroatoms. The first kappa shape index (κ1) is 21.1. The van der Waals surface area contributed by atoms with Gasteiger partial charge in [-0.25, -0.2) is 9.50 Å². The van der Waals surface area contributed by atoms with E-state index < -0.39 is 0 Å². The van der Waals surface area contributed by atoms with Crippen molar-refractivity contribution < 1.29 is 4.79 Å². The SMILES string of the molecule is Cc1cccc(CN2CCC(c3cc4nc(C)c(CCC(=O)NC5CC5)c(C)n4n3)C2)c1. The van der Waals surface area contributed by atoms with Gasteiger partial charge in [-0.05, 0) is 64.1 Å². The minimum Gasteiger partial charge on any atom is -0.353 e. The number of carbonyl (C=O) groups excluding carboxylic acids is 1. The van der Waals surface area contributed by atoms with E-state index in [-0.39, 0.29) is 5.91 Å². The third-order valence-electron chi connectivity index (χ3n) is 6.91. The highest BCUT2D eigenvalue weighted by atomic mass is 16.1. The van der Waals surface area contributed by atoms with Crippen LogP contribution in [0.2, 0.25) is 0 Å². The number of hydrogen-bond donors (Lipinski definition) is 1. The minimum absolute atomic E-state index is 0.146. The number of rotatable bonds is 7. The first-order valence-corrected chi connectivity index (χ1v) is 11.9. The molecule has 0 bridgehead atoms. The van der Waals surface area contributed by atoms with Crippen molar-refractivity contribution in [1.29, 1.82) is 0 Å². The summed E-state index contributed by atoms with van der Waals surface area (Å²) in [5.41, 5.74) is 8.00. The number of likely N-dealkylation sites (tertiary alicyclic amines) is 1. The second kappa shape index (κ2) is 8.66. The van der Waals surface area contributed by atoms with Crippen LogP contribution in [0.5, 0.6) is 0 Å². The van der Waals surface area contributed by atoms with Crippen molar-refractivity contribution in [3.63, 3.8) is 0 Å². The van der Waals surface area contributed by atoms with Gasteiger partial charge in [0.25, 0.3) is 0 Å². The summed E-state index contributed by atoms with van der Waals surface area (Å²) in [6, 6.07) is 11.4. The van der Waals surface area contributed by atoms with Crippen molar-refractivity contribution in [2.75, 3.05) is 13.1 Å². The van der Waals surface area contributed by atoms with Gasteiger partial charge in [0.15, 0.2) is 5.65 Å². The molecule has 5 rings (SSSR count). The molecule has 1 aliphatic carbocycles. The lowest BCUT2D eigenvalue weighted by atomic mass is 10.1. The van der Waals surface area contributed by atoms with E-state index in [1.165, 1.54) is 11.1 Å². The van der Waals surface area contributed by atoms with Crippen molar-refractivity contribution in [2.24, 2.45) is 0 Å². The summed E-state index contributed by atoms with van der Waals surface area (Å²) in [5, 5.41) is 8.04. The van der Waals surface area contributed by atoms with Crippen molar-refractivity contribution in [3.8, 4) is 0 Å². The van der Waals surface area contributed by atoms with E-state index >= 15 is 0 Å². The Labute approximate surface area is 190 Å². The van der Waals surface area contributed by atoms with Gasteiger partial charge in [0.1, 0.15) is 0 Å². The smallest absolute Gasteiger partial charge is 0.220 e. The molecule has 1 N–H and O–H groups in total. The third-order valence-corrected chi connectivity index (χ3v) is 6.91. The molecule has 2 aromatic heterocycles. The lowest BCUT2D eigenvalue weighted by molar-refractivity contribution is -0.121. The van der Waals surface area contributed by atoms with Crippen molar-refractivity contribution in [3.05, 3.63) is 64.1 Å². The molecular formula is C26H33N5O. The summed E-state index contributed by atoms with van der Waals surface area (Å²) in [6.45, 7) is 9.43. The number of benzene rings is 1. The van der Waals surface area contributed by atoms with Crippen LogP contribution in [-0.2, 0) is 17.8 Å². The predicted molar refractivity (Wildman–Crippen MR) is 126 cm³/mol. The summed E-state index contributed by atoms with van der Waals surface area (Å²) in [7, 11) is 0. The van der Waals surface area contributed by atoms with E-state index in [1.54, 1.807) is 0 Å². The Bertz CT molecular complexity index is 1150. The second-order valence-electron chi connectivity index (χ2n) is 9.65. The highest BCUT2D eigenvalue weighted by molar-refractivity contribution is 5.76. The van der Waals surface area contributed by atoms with Crippen LogP contribution in [0.1, 0.15) is 65.4 Å². The monoisotopic (exact) mass is 431 g/mol. The standard InChI is InChI=1S/C26H33N5O/c1-17-5-4-6-20(13-17)15-30-12-11-21(16-30)24-14-25-27-18(2)23(19(3)31(25)29-24)9-10-26(32)28-22-7-8-22/h4-6,13-14,21-22H,7-12,15-16H2,1-3H3,(H,28,32). The molecule has 0 radical (unpaired) electrons. The van der Waals surface area contributed by atoms with Crippen LogP contribution >= 0.6 is 0 Å². The molecule has 1 unspecified atom stereocenters. The largest absolute Gasteiger partial charge is 0.353 e. The van der Waals surface area contributed by atoms with Crippen LogP contribution in [-0.4, -0.2) is 44.5 Å². The lowest BCUT2D eigenvalue weighted by Gasteiger charge is -2.15. The maximum Gasteiger partial charge on any atom is 0.220 e. The Kier molecular flexibility index (Phi) is 5.72. The van der Waals surface area contributed by atoms with Gasteiger partial charge in [-0.2, -0.15) is 5.10 Å². The summed E-state index contributed by atoms with van der Waals surface area (Å²) in [6.07, 6.45) is 4.59. The first-order chi connectivity index (χ1) is 15.5. The average molecular weight is 432 g/mol. The topological polar surface area (TPSA) is 62.5 Å². The molecule has 3 heterocycles. The fourth-order valence-electron chi connectivity index (χ4n) is 4.96. The number of hydrogen-bond acceptors (Lipinski definition) is 4. The van der Waals surface area contributed by atoms with Gasteiger partial charge in [-0.1, -0.05) is 29.8 Å². The number of amides is 1. The number of aromatic nitrogens is 3. The van der Waals surface area contributed by atoms with Crippen molar-refractivity contribution >= 4 is 11.6 Å². The second-order valence-corrected chi connectivity index (χ2v) is 9.65. The van der Waals surface area contributed by atoms with Crippen LogP contribution in [0.4, 0.5) is 0 Å². The van der Waals surface area contributed by atoms with Crippen molar-refractivity contribution in [1.82, 2.24) is 24.8 Å². The van der Waals surface area contributed by atoms with Crippen LogP contribution < -0.4 is 5.32 Å². The zero-order valence-electron chi connectivity index (χ0n) is 19.4. The van der Waals surface area contributed by atoms with Gasteiger partial charge in [-0.15, -0.1) is 0 Å². The number of carbonyl (C=O) groups is 1. The molecular weight excluding hydrogens is 398 g/mol. The van der Waals surface area contributed by atoms with Gasteiger partial charge in [0.2, 0.25) is 5.91 Å². The number of nitrogens with zero attached hydrogens (tertiary/aromatic N) is 4. The van der Waals surface area contributed by atoms with Crippen LogP contribution in [0.15, 0.2) is 30.3 Å². The molecule has 1 aliphatic heterocycles. The van der Waals surface area contributed by atoms with Crippen LogP contribution in [0, 0.1) is 20.8 Å². The number of nitrogens with one attached hydrogen (secondary N) is 1. The van der Waals surface area contributed by atoms with E-state index in [2.05, 4.69) is 54.4 Å². The molecule has 2 fully saturated rings. The van der Waals surface area contributed by atoms with Crippen molar-refractivity contribution in [2.45, 2.75) is 71.4 Å². The Morgan fingerprint density at radius 1 is 1.16 bits per heavy atom. The zero-order chi connectivity index (χ0) is 22.2. The fourth-order valence-corrected chi connectivity index (χ4v) is 4.96. The summed E-state index contributed by atoms with van der Waals surface area (Å²) < 4.78 is 1.99. The molecule has 0 spiro atoms. The number of fused-ring (bicyclic) bond motifs is 1. The molecule has 2 aliphatic rings. The van der Waals surface area contributed by atoms with Gasteiger partial charge < -0.3 is 5.32 Å². The highest BCUT2D eigenvalue weighted by Gasteiger charge is 2.27. The van der Waals surface area contributed by atoms with E-state index in [1.807, 2.05) is 11.4 Å². The lowest BCUT2D eigenvalue weighted by Crippen LogP contribution is -2.25. The highest BCUT2D eigenvalue weighted by Crippen LogP contribution is 2.29. The predicted octanol–water partition coefficient (Wildman–Crippen LogP) is 3.86. The molecule has 1 saturated heterocycles. The van der Waals surface area contributed by atoms with Crippen LogP contribution in [0.25, 0.3) is 5.65 Å². The normalized spacial score (nSPS) is 19.0. The molecule has 1 aromatic carbocycles. The maximum atomic E-state index is 12.2. The first-order valence-electron chi connectivity index (χ1n) is 11.9.